The summed E-state index contributed by atoms with van der Waals surface area (Å²) >= 11 is 0. The van der Waals surface area contributed by atoms with Crippen LogP contribution >= 0.6 is 0 Å². The molecule has 0 saturated heterocycles. The summed E-state index contributed by atoms with van der Waals surface area (Å²) in [4.78, 5) is 12.4. The predicted octanol–water partition coefficient (Wildman–Crippen LogP) is 3.96. The number of nitrogens with one attached hydrogen (secondary N) is 2. The van der Waals surface area contributed by atoms with Gasteiger partial charge in [0, 0.05) is 6.07 Å². The molecule has 6 heteroatoms. The van der Waals surface area contributed by atoms with Gasteiger partial charge < -0.3 is 9.73 Å². The average Bonchev–Trinajstić information content (AvgIpc) is 3.29. The fourth-order valence-corrected chi connectivity index (χ4v) is 2.57. The van der Waals surface area contributed by atoms with E-state index in [-0.39, 0.29) is 11.1 Å². The van der Waals surface area contributed by atoms with Crippen molar-refractivity contribution in [3.8, 4) is 17.5 Å². The lowest BCUT2D eigenvalue weighted by Crippen LogP contribution is -2.28. The molecule has 0 saturated carbocycles. The lowest BCUT2D eigenvalue weighted by Gasteiger charge is -2.20. The lowest BCUT2D eigenvalue weighted by atomic mass is 9.86. The Bertz CT molecular complexity index is 926. The van der Waals surface area contributed by atoms with Gasteiger partial charge in [0.15, 0.2) is 11.5 Å². The lowest BCUT2D eigenvalue weighted by molar-refractivity contribution is 0.0940. The van der Waals surface area contributed by atoms with Gasteiger partial charge in [-0.25, -0.2) is 0 Å². The Balaban J connectivity index is 1.74. The molecule has 0 aliphatic heterocycles. The molecule has 0 radical (unpaired) electrons. The maximum atomic E-state index is 12.4. The molecular formula is C20H20N4O2. The second-order valence-electron chi connectivity index (χ2n) is 7.05. The third-order valence-corrected chi connectivity index (χ3v) is 4.11. The number of nitriles is 1. The molecule has 1 aromatic carbocycles. The van der Waals surface area contributed by atoms with E-state index in [0.717, 1.165) is 5.56 Å². The van der Waals surface area contributed by atoms with Crippen LogP contribution < -0.4 is 5.32 Å². The highest BCUT2D eigenvalue weighted by Gasteiger charge is 2.19. The molecule has 0 aliphatic carbocycles. The molecule has 0 bridgehead atoms. The number of benzene rings is 1. The summed E-state index contributed by atoms with van der Waals surface area (Å²) in [7, 11) is 0. The SMILES string of the molecule is CC(C)(C)c1ccc(C(C#N)NC(=O)c2cc(-c3ccco3)[nH]n2)cc1. The third kappa shape index (κ3) is 3.67. The summed E-state index contributed by atoms with van der Waals surface area (Å²) in [5, 5.41) is 18.9. The van der Waals surface area contributed by atoms with E-state index in [1.54, 1.807) is 24.5 Å². The average molecular weight is 348 g/mol. The Hall–Kier alpha value is -3.33. The van der Waals surface area contributed by atoms with Gasteiger partial charge in [-0.3, -0.25) is 9.89 Å². The van der Waals surface area contributed by atoms with E-state index < -0.39 is 11.9 Å². The normalized spacial score (nSPS) is 12.4. The first-order valence-corrected chi connectivity index (χ1v) is 8.28. The molecule has 0 aliphatic rings. The van der Waals surface area contributed by atoms with Gasteiger partial charge in [-0.05, 0) is 28.7 Å². The van der Waals surface area contributed by atoms with Crippen LogP contribution in [0, 0.1) is 11.3 Å². The van der Waals surface area contributed by atoms with Crippen LogP contribution in [0.3, 0.4) is 0 Å². The summed E-state index contributed by atoms with van der Waals surface area (Å²) < 4.78 is 5.27. The zero-order valence-corrected chi connectivity index (χ0v) is 14.9. The third-order valence-electron chi connectivity index (χ3n) is 4.11. The molecule has 3 aromatic rings. The summed E-state index contributed by atoms with van der Waals surface area (Å²) in [5.41, 5.74) is 2.72. The fraction of sp³-hybridized carbons (Fsp3) is 0.250. The number of hydrogen-bond donors (Lipinski definition) is 2. The minimum absolute atomic E-state index is 0.0290. The van der Waals surface area contributed by atoms with Crippen LogP contribution in [0.25, 0.3) is 11.5 Å². The zero-order chi connectivity index (χ0) is 18.7. The quantitative estimate of drug-likeness (QED) is 0.746. The molecule has 0 spiro atoms. The van der Waals surface area contributed by atoms with E-state index in [1.807, 2.05) is 24.3 Å². The summed E-state index contributed by atoms with van der Waals surface area (Å²) in [6.45, 7) is 6.37. The topological polar surface area (TPSA) is 94.7 Å². The van der Waals surface area contributed by atoms with Crippen molar-refractivity contribution < 1.29 is 9.21 Å². The second kappa shape index (κ2) is 6.89. The number of aromatic nitrogens is 2. The number of furan rings is 1. The van der Waals surface area contributed by atoms with E-state index in [2.05, 4.69) is 42.4 Å². The Morgan fingerprint density at radius 1 is 1.27 bits per heavy atom. The van der Waals surface area contributed by atoms with Crippen LogP contribution in [0.1, 0.15) is 48.4 Å². The number of hydrogen-bond acceptors (Lipinski definition) is 4. The highest BCUT2D eigenvalue weighted by atomic mass is 16.3. The molecule has 2 heterocycles. The predicted molar refractivity (Wildman–Crippen MR) is 97.3 cm³/mol. The zero-order valence-electron chi connectivity index (χ0n) is 14.9. The first kappa shape index (κ1) is 17.5. The van der Waals surface area contributed by atoms with E-state index in [4.69, 9.17) is 4.42 Å². The summed E-state index contributed by atoms with van der Waals surface area (Å²) in [6.07, 6.45) is 1.54. The standard InChI is InChI=1S/C20H20N4O2/c1-20(2,3)14-8-6-13(7-9-14)17(12-21)22-19(25)16-11-15(23-24-16)18-5-4-10-26-18/h4-11,17H,1-3H3,(H,22,25)(H,23,24). The van der Waals surface area contributed by atoms with Crippen LogP contribution in [0.2, 0.25) is 0 Å². The van der Waals surface area contributed by atoms with Gasteiger partial charge in [0.25, 0.3) is 5.91 Å². The highest BCUT2D eigenvalue weighted by molar-refractivity contribution is 5.93. The van der Waals surface area contributed by atoms with Crippen LogP contribution in [-0.4, -0.2) is 16.1 Å². The van der Waals surface area contributed by atoms with Crippen LogP contribution in [0.5, 0.6) is 0 Å². The molecule has 3 rings (SSSR count). The summed E-state index contributed by atoms with van der Waals surface area (Å²) in [6, 6.07) is 14.2. The number of amides is 1. The Kier molecular flexibility index (Phi) is 4.63. The van der Waals surface area contributed by atoms with Crippen molar-refractivity contribution in [2.45, 2.75) is 32.2 Å². The maximum absolute atomic E-state index is 12.4. The van der Waals surface area contributed by atoms with Crippen molar-refractivity contribution in [3.63, 3.8) is 0 Å². The second-order valence-corrected chi connectivity index (χ2v) is 7.05. The highest BCUT2D eigenvalue weighted by Crippen LogP contribution is 2.24. The monoisotopic (exact) mass is 348 g/mol. The van der Waals surface area contributed by atoms with Crippen LogP contribution in [-0.2, 0) is 5.41 Å². The van der Waals surface area contributed by atoms with Crippen molar-refractivity contribution in [1.82, 2.24) is 15.5 Å². The first-order chi connectivity index (χ1) is 12.4. The van der Waals surface area contributed by atoms with Gasteiger partial charge in [-0.15, -0.1) is 0 Å². The largest absolute Gasteiger partial charge is 0.463 e. The van der Waals surface area contributed by atoms with E-state index in [1.165, 1.54) is 5.56 Å². The Morgan fingerprint density at radius 3 is 2.58 bits per heavy atom. The van der Waals surface area contributed by atoms with Gasteiger partial charge >= 0.3 is 0 Å². The van der Waals surface area contributed by atoms with Gasteiger partial charge in [-0.2, -0.15) is 10.4 Å². The van der Waals surface area contributed by atoms with Gasteiger partial charge in [-0.1, -0.05) is 45.0 Å². The van der Waals surface area contributed by atoms with Crippen molar-refractivity contribution in [2.75, 3.05) is 0 Å². The van der Waals surface area contributed by atoms with Gasteiger partial charge in [0.05, 0.1) is 12.3 Å². The minimum Gasteiger partial charge on any atom is -0.463 e. The molecule has 1 unspecified atom stereocenters. The smallest absolute Gasteiger partial charge is 0.273 e. The molecule has 2 aromatic heterocycles. The summed E-state index contributed by atoms with van der Waals surface area (Å²) in [5.74, 6) is 0.164. The van der Waals surface area contributed by atoms with Crippen molar-refractivity contribution in [3.05, 3.63) is 65.5 Å². The van der Waals surface area contributed by atoms with Gasteiger partial charge in [0.2, 0.25) is 0 Å². The maximum Gasteiger partial charge on any atom is 0.273 e. The number of carbonyl (C=O) groups excluding carboxylic acids is 1. The Morgan fingerprint density at radius 2 is 2.00 bits per heavy atom. The van der Waals surface area contributed by atoms with Crippen LogP contribution in [0.15, 0.2) is 53.1 Å². The fourth-order valence-electron chi connectivity index (χ4n) is 2.57. The van der Waals surface area contributed by atoms with Crippen molar-refractivity contribution in [2.24, 2.45) is 0 Å². The molecule has 132 valence electrons. The number of nitrogens with zero attached hydrogens (tertiary/aromatic N) is 2. The molecule has 2 N–H and O–H groups in total. The molecular weight excluding hydrogens is 328 g/mol. The molecule has 0 fully saturated rings. The van der Waals surface area contributed by atoms with Crippen molar-refractivity contribution in [1.29, 1.82) is 5.26 Å². The first-order valence-electron chi connectivity index (χ1n) is 8.28. The number of H-pyrrole nitrogens is 1. The molecule has 1 atom stereocenters. The number of carbonyl (C=O) groups is 1. The molecule has 1 amide bonds. The number of aromatic amines is 1. The van der Waals surface area contributed by atoms with E-state index in [9.17, 15) is 10.1 Å². The van der Waals surface area contributed by atoms with E-state index >= 15 is 0 Å². The Labute approximate surface area is 151 Å². The minimum atomic E-state index is -0.750. The van der Waals surface area contributed by atoms with Gasteiger partial charge in [0.1, 0.15) is 11.7 Å². The number of rotatable bonds is 4. The molecule has 6 nitrogen and oxygen atoms in total. The molecule has 26 heavy (non-hydrogen) atoms. The van der Waals surface area contributed by atoms with Crippen molar-refractivity contribution >= 4 is 5.91 Å². The van der Waals surface area contributed by atoms with Crippen LogP contribution in [0.4, 0.5) is 0 Å². The van der Waals surface area contributed by atoms with E-state index in [0.29, 0.717) is 11.5 Å².